The highest BCUT2D eigenvalue weighted by atomic mass is 16.5. The molecule has 2 aromatic heterocycles. The smallest absolute Gasteiger partial charge is 0.254 e. The first-order valence-electron chi connectivity index (χ1n) is 10.1. The first kappa shape index (κ1) is 21.4. The van der Waals surface area contributed by atoms with E-state index in [2.05, 4.69) is 39.1 Å². The Morgan fingerprint density at radius 2 is 1.97 bits per heavy atom. The average molecular weight is 409 g/mol. The van der Waals surface area contributed by atoms with Gasteiger partial charge in [-0.3, -0.25) is 4.79 Å². The van der Waals surface area contributed by atoms with Crippen LogP contribution in [0.15, 0.2) is 42.7 Å². The van der Waals surface area contributed by atoms with Crippen LogP contribution >= 0.6 is 0 Å². The first-order chi connectivity index (χ1) is 14.6. The van der Waals surface area contributed by atoms with Gasteiger partial charge >= 0.3 is 0 Å². The molecule has 1 aromatic carbocycles. The number of para-hydroxylation sites is 1. The summed E-state index contributed by atoms with van der Waals surface area (Å²) in [6.07, 6.45) is 3.23. The summed E-state index contributed by atoms with van der Waals surface area (Å²) in [7, 11) is 1.63. The number of hydrogen-bond donors (Lipinski definition) is 1. The highest BCUT2D eigenvalue weighted by Crippen LogP contribution is 2.28. The zero-order valence-corrected chi connectivity index (χ0v) is 17.9. The SMILES string of the molecule is CCN(CC)CCNC(=O)c1cnn(-c2nccc(-c3ccccc3OC)n2)c1C. The lowest BCUT2D eigenvalue weighted by Crippen LogP contribution is -2.34. The van der Waals surface area contributed by atoms with E-state index in [0.717, 1.165) is 36.6 Å². The molecule has 0 unspecified atom stereocenters. The summed E-state index contributed by atoms with van der Waals surface area (Å²) in [5, 5.41) is 7.31. The quantitative estimate of drug-likeness (QED) is 0.586. The van der Waals surface area contributed by atoms with E-state index in [4.69, 9.17) is 4.74 Å². The van der Waals surface area contributed by atoms with Crippen LogP contribution in [0.3, 0.4) is 0 Å². The van der Waals surface area contributed by atoms with Crippen molar-refractivity contribution < 1.29 is 9.53 Å². The molecule has 0 bridgehead atoms. The van der Waals surface area contributed by atoms with E-state index in [-0.39, 0.29) is 5.91 Å². The lowest BCUT2D eigenvalue weighted by molar-refractivity contribution is 0.0948. The maximum atomic E-state index is 12.6. The molecule has 0 radical (unpaired) electrons. The minimum absolute atomic E-state index is 0.146. The highest BCUT2D eigenvalue weighted by Gasteiger charge is 2.17. The molecule has 3 aromatic rings. The van der Waals surface area contributed by atoms with Crippen molar-refractivity contribution in [2.45, 2.75) is 20.8 Å². The van der Waals surface area contributed by atoms with Crippen molar-refractivity contribution in [2.75, 3.05) is 33.3 Å². The van der Waals surface area contributed by atoms with Crippen molar-refractivity contribution in [1.29, 1.82) is 0 Å². The fourth-order valence-electron chi connectivity index (χ4n) is 3.25. The molecule has 0 aliphatic heterocycles. The molecule has 1 amide bonds. The maximum Gasteiger partial charge on any atom is 0.254 e. The topological polar surface area (TPSA) is 85.2 Å². The number of likely N-dealkylation sites (N-methyl/N-ethyl adjacent to an activating group) is 1. The molecule has 0 saturated heterocycles. The Labute approximate surface area is 176 Å². The third kappa shape index (κ3) is 4.65. The Morgan fingerprint density at radius 1 is 1.20 bits per heavy atom. The van der Waals surface area contributed by atoms with E-state index in [0.29, 0.717) is 23.8 Å². The fourth-order valence-corrected chi connectivity index (χ4v) is 3.25. The Morgan fingerprint density at radius 3 is 2.70 bits per heavy atom. The van der Waals surface area contributed by atoms with Crippen molar-refractivity contribution in [3.63, 3.8) is 0 Å². The van der Waals surface area contributed by atoms with Gasteiger partial charge in [-0.05, 0) is 38.2 Å². The van der Waals surface area contributed by atoms with Gasteiger partial charge in [0.05, 0.1) is 30.3 Å². The number of methoxy groups -OCH3 is 1. The van der Waals surface area contributed by atoms with E-state index in [1.807, 2.05) is 37.3 Å². The van der Waals surface area contributed by atoms with Gasteiger partial charge in [-0.25, -0.2) is 14.6 Å². The number of rotatable bonds is 9. The normalized spacial score (nSPS) is 11.0. The number of ether oxygens (including phenoxy) is 1. The molecular weight excluding hydrogens is 380 g/mol. The van der Waals surface area contributed by atoms with E-state index in [1.54, 1.807) is 24.2 Å². The molecule has 0 fully saturated rings. The predicted molar refractivity (Wildman–Crippen MR) is 116 cm³/mol. The second-order valence-corrected chi connectivity index (χ2v) is 6.78. The predicted octanol–water partition coefficient (Wildman–Crippen LogP) is 2.72. The Bertz CT molecular complexity index is 997. The lowest BCUT2D eigenvalue weighted by Gasteiger charge is -2.17. The molecule has 0 aliphatic rings. The van der Waals surface area contributed by atoms with Gasteiger partial charge in [0.15, 0.2) is 0 Å². The average Bonchev–Trinajstić information content (AvgIpc) is 3.18. The largest absolute Gasteiger partial charge is 0.496 e. The number of carbonyl (C=O) groups is 1. The number of carbonyl (C=O) groups excluding carboxylic acids is 1. The van der Waals surface area contributed by atoms with Crippen LogP contribution in [-0.2, 0) is 0 Å². The van der Waals surface area contributed by atoms with E-state index >= 15 is 0 Å². The Balaban J connectivity index is 1.80. The van der Waals surface area contributed by atoms with Gasteiger partial charge in [0.2, 0.25) is 0 Å². The zero-order chi connectivity index (χ0) is 21.5. The van der Waals surface area contributed by atoms with Gasteiger partial charge in [-0.2, -0.15) is 5.10 Å². The van der Waals surface area contributed by atoms with E-state index in [9.17, 15) is 4.79 Å². The van der Waals surface area contributed by atoms with Crippen molar-refractivity contribution >= 4 is 5.91 Å². The van der Waals surface area contributed by atoms with Crippen LogP contribution in [0, 0.1) is 6.92 Å². The van der Waals surface area contributed by atoms with Crippen molar-refractivity contribution in [3.05, 3.63) is 54.0 Å². The molecule has 1 N–H and O–H groups in total. The second kappa shape index (κ2) is 9.98. The summed E-state index contributed by atoms with van der Waals surface area (Å²) in [5.41, 5.74) is 2.79. The van der Waals surface area contributed by atoms with Gasteiger partial charge in [0.1, 0.15) is 5.75 Å². The van der Waals surface area contributed by atoms with Crippen LogP contribution in [-0.4, -0.2) is 63.8 Å². The summed E-state index contributed by atoms with van der Waals surface area (Å²) < 4.78 is 7.02. The van der Waals surface area contributed by atoms with Crippen LogP contribution in [0.2, 0.25) is 0 Å². The van der Waals surface area contributed by atoms with Gasteiger partial charge in [-0.1, -0.05) is 26.0 Å². The van der Waals surface area contributed by atoms with Crippen LogP contribution in [0.4, 0.5) is 0 Å². The molecule has 3 rings (SSSR count). The van der Waals surface area contributed by atoms with Crippen molar-refractivity contribution in [1.82, 2.24) is 30.0 Å². The van der Waals surface area contributed by atoms with Gasteiger partial charge < -0.3 is 15.0 Å². The summed E-state index contributed by atoms with van der Waals surface area (Å²) >= 11 is 0. The third-order valence-electron chi connectivity index (χ3n) is 5.08. The number of benzene rings is 1. The van der Waals surface area contributed by atoms with E-state index < -0.39 is 0 Å². The highest BCUT2D eigenvalue weighted by molar-refractivity contribution is 5.95. The maximum absolute atomic E-state index is 12.6. The van der Waals surface area contributed by atoms with Gasteiger partial charge in [-0.15, -0.1) is 0 Å². The standard InChI is InChI=1S/C22H28N6O2/c1-5-27(6-2)14-13-23-21(29)18-15-25-28(16(18)3)22-24-12-11-19(26-22)17-9-7-8-10-20(17)30-4/h7-12,15H,5-6,13-14H2,1-4H3,(H,23,29). The summed E-state index contributed by atoms with van der Waals surface area (Å²) in [6.45, 7) is 9.38. The molecular formula is C22H28N6O2. The number of amides is 1. The fraction of sp³-hybridized carbons (Fsp3) is 0.364. The molecule has 8 heteroatoms. The van der Waals surface area contributed by atoms with Crippen LogP contribution in [0.1, 0.15) is 29.9 Å². The molecule has 2 heterocycles. The molecule has 30 heavy (non-hydrogen) atoms. The monoisotopic (exact) mass is 408 g/mol. The van der Waals surface area contributed by atoms with Crippen LogP contribution in [0.25, 0.3) is 17.2 Å². The molecule has 0 atom stereocenters. The Kier molecular flexibility index (Phi) is 7.13. The zero-order valence-electron chi connectivity index (χ0n) is 17.9. The summed E-state index contributed by atoms with van der Waals surface area (Å²) in [5.74, 6) is 0.984. The number of hydrogen-bond acceptors (Lipinski definition) is 6. The number of aromatic nitrogens is 4. The molecule has 8 nitrogen and oxygen atoms in total. The lowest BCUT2D eigenvalue weighted by atomic mass is 10.1. The van der Waals surface area contributed by atoms with Gasteiger partial charge in [0, 0.05) is 24.8 Å². The minimum Gasteiger partial charge on any atom is -0.496 e. The number of nitrogens with zero attached hydrogens (tertiary/aromatic N) is 5. The minimum atomic E-state index is -0.146. The molecule has 0 saturated carbocycles. The van der Waals surface area contributed by atoms with Crippen LogP contribution < -0.4 is 10.1 Å². The van der Waals surface area contributed by atoms with E-state index in [1.165, 1.54) is 0 Å². The van der Waals surface area contributed by atoms with Crippen molar-refractivity contribution in [3.8, 4) is 23.0 Å². The van der Waals surface area contributed by atoms with Crippen LogP contribution in [0.5, 0.6) is 5.75 Å². The van der Waals surface area contributed by atoms with Crippen molar-refractivity contribution in [2.24, 2.45) is 0 Å². The van der Waals surface area contributed by atoms with Gasteiger partial charge in [0.25, 0.3) is 11.9 Å². The molecule has 0 aliphatic carbocycles. The third-order valence-corrected chi connectivity index (χ3v) is 5.08. The summed E-state index contributed by atoms with van der Waals surface area (Å²) in [4.78, 5) is 23.8. The first-order valence-corrected chi connectivity index (χ1v) is 10.1. The summed E-state index contributed by atoms with van der Waals surface area (Å²) in [6, 6.07) is 9.49. The second-order valence-electron chi connectivity index (χ2n) is 6.78. The Hall–Kier alpha value is -3.26. The molecule has 0 spiro atoms. The number of nitrogens with one attached hydrogen (secondary N) is 1. The molecule has 158 valence electrons.